The summed E-state index contributed by atoms with van der Waals surface area (Å²) in [5, 5.41) is 0. The van der Waals surface area contributed by atoms with Crippen molar-refractivity contribution in [1.82, 2.24) is 0 Å². The molecule has 0 spiro atoms. The number of benzene rings is 1. The second-order valence-corrected chi connectivity index (χ2v) is 4.97. The maximum absolute atomic E-state index is 11.5. The molecule has 7 heteroatoms. The molecule has 0 amide bonds. The van der Waals surface area contributed by atoms with Gasteiger partial charge in [0, 0.05) is 0 Å². The highest BCUT2D eigenvalue weighted by Gasteiger charge is 2.28. The predicted octanol–water partition coefficient (Wildman–Crippen LogP) is 1.24. The van der Waals surface area contributed by atoms with E-state index in [9.17, 15) is 9.36 Å². The summed E-state index contributed by atoms with van der Waals surface area (Å²) < 4.78 is 20.0. The zero-order valence-electron chi connectivity index (χ0n) is 9.98. The highest BCUT2D eigenvalue weighted by Crippen LogP contribution is 2.43. The van der Waals surface area contributed by atoms with E-state index in [0.717, 1.165) is 5.56 Å². The van der Waals surface area contributed by atoms with Crippen LogP contribution in [-0.2, 0) is 24.8 Å². The van der Waals surface area contributed by atoms with Gasteiger partial charge >= 0.3 is 13.8 Å². The van der Waals surface area contributed by atoms with Crippen LogP contribution in [0.5, 0.6) is 0 Å². The Balaban J connectivity index is 2.55. The molecule has 1 aromatic rings. The Kier molecular flexibility index (Phi) is 5.50. The summed E-state index contributed by atoms with van der Waals surface area (Å²) >= 11 is 0. The van der Waals surface area contributed by atoms with Gasteiger partial charge in [0.05, 0.1) is 6.61 Å². The molecule has 100 valence electrons. The van der Waals surface area contributed by atoms with Crippen LogP contribution < -0.4 is 5.73 Å². The van der Waals surface area contributed by atoms with E-state index in [2.05, 4.69) is 9.05 Å². The average Bonchev–Trinajstić information content (AvgIpc) is 2.29. The highest BCUT2D eigenvalue weighted by molar-refractivity contribution is 7.48. The molecule has 0 aliphatic heterocycles. The van der Waals surface area contributed by atoms with Crippen LogP contribution >= 0.6 is 7.82 Å². The zero-order chi connectivity index (χ0) is 13.6. The van der Waals surface area contributed by atoms with E-state index in [1.54, 1.807) is 12.1 Å². The summed E-state index contributed by atoms with van der Waals surface area (Å²) in [6.07, 6.45) is 0.228. The molecule has 6 nitrogen and oxygen atoms in total. The van der Waals surface area contributed by atoms with Crippen LogP contribution in [0, 0.1) is 0 Å². The smallest absolute Gasteiger partial charge is 0.369 e. The second-order valence-electron chi connectivity index (χ2n) is 3.59. The Bertz CT molecular complexity index is 436. The second kappa shape index (κ2) is 6.66. The molecule has 0 saturated heterocycles. The molecule has 0 heterocycles. The monoisotopic (exact) mass is 273 g/mol. The molecular weight excluding hydrogens is 257 g/mol. The summed E-state index contributed by atoms with van der Waals surface area (Å²) in [6.45, 7) is 1.48. The van der Waals surface area contributed by atoms with Crippen molar-refractivity contribution in [3.8, 4) is 0 Å². The lowest BCUT2D eigenvalue weighted by molar-refractivity contribution is -0.137. The minimum absolute atomic E-state index is 0.0328. The van der Waals surface area contributed by atoms with Crippen LogP contribution in [0.1, 0.15) is 12.5 Å². The Morgan fingerprint density at radius 1 is 1.44 bits per heavy atom. The van der Waals surface area contributed by atoms with Gasteiger partial charge in [-0.05, 0) is 18.9 Å². The molecule has 0 aliphatic carbocycles. The van der Waals surface area contributed by atoms with E-state index in [4.69, 9.17) is 10.6 Å². The molecule has 0 aromatic heterocycles. The van der Waals surface area contributed by atoms with Crippen molar-refractivity contribution in [2.45, 2.75) is 19.4 Å². The number of rotatable bonds is 6. The van der Waals surface area contributed by atoms with Gasteiger partial charge in [0.1, 0.15) is 6.04 Å². The van der Waals surface area contributed by atoms with Gasteiger partial charge in [-0.3, -0.25) is 9.42 Å². The van der Waals surface area contributed by atoms with Crippen molar-refractivity contribution in [2.75, 3.05) is 6.61 Å². The first-order chi connectivity index (χ1) is 8.44. The lowest BCUT2D eigenvalue weighted by Gasteiger charge is -2.14. The van der Waals surface area contributed by atoms with Crippen LogP contribution in [0.4, 0.5) is 0 Å². The minimum atomic E-state index is -4.34. The third-order valence-electron chi connectivity index (χ3n) is 2.10. The van der Waals surface area contributed by atoms with E-state index in [0.29, 0.717) is 0 Å². The summed E-state index contributed by atoms with van der Waals surface area (Å²) in [7, 11) is -4.34. The normalized spacial score (nSPS) is 15.7. The van der Waals surface area contributed by atoms with E-state index in [-0.39, 0.29) is 13.0 Å². The molecule has 1 unspecified atom stereocenters. The standard InChI is InChI=1S/C11H16NO5P/c1-2-16-18(14,15)17-11(13)10(12)8-9-6-4-3-5-7-9/h3-7,10H,2,8,12H2,1H3,(H,14,15)/t10-/m0/s1. The third kappa shape index (κ3) is 4.98. The molecule has 2 atom stereocenters. The molecule has 3 N–H and O–H groups in total. The van der Waals surface area contributed by atoms with Crippen molar-refractivity contribution in [3.05, 3.63) is 35.9 Å². The van der Waals surface area contributed by atoms with Crippen LogP contribution in [0.15, 0.2) is 30.3 Å². The van der Waals surface area contributed by atoms with Crippen LogP contribution in [0.25, 0.3) is 0 Å². The number of hydrogen-bond acceptors (Lipinski definition) is 5. The van der Waals surface area contributed by atoms with Crippen molar-refractivity contribution >= 4 is 13.8 Å². The number of carbonyl (C=O) groups excluding carboxylic acids is 1. The van der Waals surface area contributed by atoms with Crippen molar-refractivity contribution in [2.24, 2.45) is 5.73 Å². The molecule has 0 radical (unpaired) electrons. The molecule has 1 rings (SSSR count). The molecule has 18 heavy (non-hydrogen) atoms. The van der Waals surface area contributed by atoms with E-state index in [1.807, 2.05) is 18.2 Å². The van der Waals surface area contributed by atoms with Crippen LogP contribution in [-0.4, -0.2) is 23.5 Å². The summed E-state index contributed by atoms with van der Waals surface area (Å²) in [6, 6.07) is 8.05. The topological polar surface area (TPSA) is 98.9 Å². The average molecular weight is 273 g/mol. The van der Waals surface area contributed by atoms with Gasteiger partial charge < -0.3 is 10.3 Å². The summed E-state index contributed by atoms with van der Waals surface area (Å²) in [4.78, 5) is 20.6. The Labute approximate surface area is 105 Å². The quantitative estimate of drug-likeness (QED) is 0.756. The first-order valence-corrected chi connectivity index (χ1v) is 6.94. The molecule has 0 bridgehead atoms. The number of phosphoric ester groups is 1. The zero-order valence-corrected chi connectivity index (χ0v) is 10.9. The largest absolute Gasteiger partial charge is 0.529 e. The lowest BCUT2D eigenvalue weighted by Crippen LogP contribution is -2.33. The van der Waals surface area contributed by atoms with E-state index in [1.165, 1.54) is 6.92 Å². The van der Waals surface area contributed by atoms with E-state index >= 15 is 0 Å². The fourth-order valence-electron chi connectivity index (χ4n) is 1.32. The Morgan fingerprint density at radius 2 is 2.06 bits per heavy atom. The number of phosphoric acid groups is 1. The maximum Gasteiger partial charge on any atom is 0.529 e. The van der Waals surface area contributed by atoms with Crippen molar-refractivity contribution in [1.29, 1.82) is 0 Å². The minimum Gasteiger partial charge on any atom is -0.369 e. The molecule has 1 aromatic carbocycles. The lowest BCUT2D eigenvalue weighted by atomic mass is 10.1. The number of nitrogens with two attached hydrogens (primary N) is 1. The van der Waals surface area contributed by atoms with Gasteiger partial charge in [0.25, 0.3) is 0 Å². The van der Waals surface area contributed by atoms with Crippen molar-refractivity contribution < 1.29 is 23.3 Å². The van der Waals surface area contributed by atoms with Crippen LogP contribution in [0.3, 0.4) is 0 Å². The first kappa shape index (κ1) is 14.9. The van der Waals surface area contributed by atoms with Gasteiger partial charge in [-0.2, -0.15) is 0 Å². The highest BCUT2D eigenvalue weighted by atomic mass is 31.2. The van der Waals surface area contributed by atoms with Crippen LogP contribution in [0.2, 0.25) is 0 Å². The summed E-state index contributed by atoms with van der Waals surface area (Å²) in [5.41, 5.74) is 6.43. The molecule has 0 saturated carbocycles. The fraction of sp³-hybridized carbons (Fsp3) is 0.364. The van der Waals surface area contributed by atoms with Crippen molar-refractivity contribution in [3.63, 3.8) is 0 Å². The first-order valence-electron chi connectivity index (χ1n) is 5.45. The molecule has 0 aliphatic rings. The van der Waals surface area contributed by atoms with Gasteiger partial charge in [0.15, 0.2) is 0 Å². The summed E-state index contributed by atoms with van der Waals surface area (Å²) in [5.74, 6) is -0.960. The fourth-order valence-corrected chi connectivity index (χ4v) is 2.06. The number of hydrogen-bond donors (Lipinski definition) is 2. The molecular formula is C11H16NO5P. The van der Waals surface area contributed by atoms with Gasteiger partial charge in [-0.25, -0.2) is 9.36 Å². The van der Waals surface area contributed by atoms with Gasteiger partial charge in [0.2, 0.25) is 0 Å². The van der Waals surface area contributed by atoms with Gasteiger partial charge in [-0.15, -0.1) is 0 Å². The number of carbonyl (C=O) groups is 1. The predicted molar refractivity (Wildman–Crippen MR) is 65.7 cm³/mol. The SMILES string of the molecule is CCOP(=O)(O)OC(=O)[C@@H](N)Cc1ccccc1. The van der Waals surface area contributed by atoms with E-state index < -0.39 is 19.8 Å². The maximum atomic E-state index is 11.5. The Morgan fingerprint density at radius 3 is 2.61 bits per heavy atom. The third-order valence-corrected chi connectivity index (χ3v) is 3.09. The Hall–Kier alpha value is -1.20. The van der Waals surface area contributed by atoms with Gasteiger partial charge in [-0.1, -0.05) is 30.3 Å². The molecule has 0 fully saturated rings.